The second kappa shape index (κ2) is 9.45. The smallest absolute Gasteiger partial charge is 0.323 e. The van der Waals surface area contributed by atoms with Crippen molar-refractivity contribution >= 4 is 29.2 Å². The molecule has 1 saturated heterocycles. The molecular formula is C20H22Cl2N2O4. The highest BCUT2D eigenvalue weighted by Crippen LogP contribution is 2.35. The van der Waals surface area contributed by atoms with E-state index < -0.39 is 6.10 Å². The minimum absolute atomic E-state index is 0.293. The lowest BCUT2D eigenvalue weighted by atomic mass is 10.0. The van der Waals surface area contributed by atoms with Gasteiger partial charge in [0.25, 0.3) is 0 Å². The summed E-state index contributed by atoms with van der Waals surface area (Å²) in [5, 5.41) is 4.01. The summed E-state index contributed by atoms with van der Waals surface area (Å²) in [5.41, 5.74) is 1.43. The van der Waals surface area contributed by atoms with Gasteiger partial charge in [-0.25, -0.2) is 0 Å². The highest BCUT2D eigenvalue weighted by molar-refractivity contribution is 6.35. The summed E-state index contributed by atoms with van der Waals surface area (Å²) in [6.45, 7) is 0.808. The van der Waals surface area contributed by atoms with Crippen molar-refractivity contribution in [2.24, 2.45) is 0 Å². The predicted molar refractivity (Wildman–Crippen MR) is 107 cm³/mol. The van der Waals surface area contributed by atoms with E-state index in [1.165, 1.54) is 12.4 Å². The van der Waals surface area contributed by atoms with E-state index in [1.807, 2.05) is 6.07 Å². The molecule has 1 N–H and O–H groups in total. The molecule has 0 aliphatic carbocycles. The highest BCUT2D eigenvalue weighted by Gasteiger charge is 2.28. The van der Waals surface area contributed by atoms with Gasteiger partial charge in [-0.05, 0) is 42.6 Å². The summed E-state index contributed by atoms with van der Waals surface area (Å²) in [7, 11) is 3.12. The van der Waals surface area contributed by atoms with Crippen LogP contribution >= 0.6 is 23.2 Å². The summed E-state index contributed by atoms with van der Waals surface area (Å²) in [6, 6.07) is 5.11. The zero-order valence-electron chi connectivity index (χ0n) is 15.7. The number of hydrogen-bond acceptors (Lipinski definition) is 6. The van der Waals surface area contributed by atoms with Crippen molar-refractivity contribution in [3.63, 3.8) is 0 Å². The summed E-state index contributed by atoms with van der Waals surface area (Å²) in [5.74, 6) is 0.847. The van der Waals surface area contributed by atoms with E-state index in [0.717, 1.165) is 24.9 Å². The van der Waals surface area contributed by atoms with Crippen LogP contribution in [-0.2, 0) is 16.0 Å². The molecule has 150 valence electrons. The molecule has 0 spiro atoms. The molecule has 6 nitrogen and oxygen atoms in total. The maximum Gasteiger partial charge on any atom is 0.323 e. The fourth-order valence-electron chi connectivity index (χ4n) is 3.21. The SMILES string of the molecule is COc1ccc([C@H](Cc2c(Cl)cncc2Cl)OC(=O)[C@@H]2CCCN2)cc1OC. The molecule has 1 aliphatic rings. The minimum Gasteiger partial charge on any atom is -0.493 e. The van der Waals surface area contributed by atoms with Crippen LogP contribution in [0.25, 0.3) is 0 Å². The van der Waals surface area contributed by atoms with E-state index in [1.54, 1.807) is 26.4 Å². The van der Waals surface area contributed by atoms with E-state index >= 15 is 0 Å². The first-order valence-corrected chi connectivity index (χ1v) is 9.72. The number of esters is 1. The summed E-state index contributed by atoms with van der Waals surface area (Å²) in [4.78, 5) is 16.6. The predicted octanol–water partition coefficient (Wildman–Crippen LogP) is 3.98. The Morgan fingerprint density at radius 2 is 1.93 bits per heavy atom. The van der Waals surface area contributed by atoms with Gasteiger partial charge in [0.1, 0.15) is 12.1 Å². The number of hydrogen-bond donors (Lipinski definition) is 1. The molecule has 3 rings (SSSR count). The maximum atomic E-state index is 12.6. The number of rotatable bonds is 7. The van der Waals surface area contributed by atoms with E-state index in [0.29, 0.717) is 33.5 Å². The first-order chi connectivity index (χ1) is 13.5. The molecule has 0 radical (unpaired) electrons. The van der Waals surface area contributed by atoms with Crippen molar-refractivity contribution in [2.45, 2.75) is 31.4 Å². The third-order valence-electron chi connectivity index (χ3n) is 4.72. The lowest BCUT2D eigenvalue weighted by Gasteiger charge is -2.22. The van der Waals surface area contributed by atoms with E-state index in [9.17, 15) is 4.79 Å². The maximum absolute atomic E-state index is 12.6. The van der Waals surface area contributed by atoms with E-state index in [2.05, 4.69) is 10.3 Å². The Morgan fingerprint density at radius 3 is 2.54 bits per heavy atom. The number of halogens is 2. The highest BCUT2D eigenvalue weighted by atomic mass is 35.5. The van der Waals surface area contributed by atoms with Crippen LogP contribution in [0.15, 0.2) is 30.6 Å². The molecule has 1 aromatic carbocycles. The average molecular weight is 425 g/mol. The van der Waals surface area contributed by atoms with Gasteiger partial charge in [0, 0.05) is 18.8 Å². The Balaban J connectivity index is 1.92. The molecule has 1 aliphatic heterocycles. The molecular weight excluding hydrogens is 403 g/mol. The van der Waals surface area contributed by atoms with Crippen LogP contribution in [0.3, 0.4) is 0 Å². The Hall–Kier alpha value is -2.02. The molecule has 1 aromatic heterocycles. The summed E-state index contributed by atoms with van der Waals surface area (Å²) < 4.78 is 16.6. The Morgan fingerprint density at radius 1 is 1.21 bits per heavy atom. The van der Waals surface area contributed by atoms with Gasteiger partial charge in [-0.2, -0.15) is 0 Å². The topological polar surface area (TPSA) is 69.7 Å². The Bertz CT molecular complexity index is 821. The molecule has 1 fully saturated rings. The monoisotopic (exact) mass is 424 g/mol. The first-order valence-electron chi connectivity index (χ1n) is 8.97. The van der Waals surface area contributed by atoms with Crippen LogP contribution in [0.4, 0.5) is 0 Å². The number of nitrogens with one attached hydrogen (secondary N) is 1. The van der Waals surface area contributed by atoms with Gasteiger partial charge < -0.3 is 19.5 Å². The van der Waals surface area contributed by atoms with Gasteiger partial charge in [-0.3, -0.25) is 9.78 Å². The first kappa shape index (κ1) is 20.7. The fraction of sp³-hybridized carbons (Fsp3) is 0.400. The van der Waals surface area contributed by atoms with Gasteiger partial charge in [0.05, 0.1) is 24.3 Å². The molecule has 2 aromatic rings. The molecule has 2 heterocycles. The van der Waals surface area contributed by atoms with Gasteiger partial charge in [-0.15, -0.1) is 0 Å². The molecule has 0 amide bonds. The largest absolute Gasteiger partial charge is 0.493 e. The van der Waals surface area contributed by atoms with Crippen molar-refractivity contribution in [3.8, 4) is 11.5 Å². The number of ether oxygens (including phenoxy) is 3. The molecule has 0 saturated carbocycles. The van der Waals surface area contributed by atoms with Gasteiger partial charge >= 0.3 is 5.97 Å². The van der Waals surface area contributed by atoms with Crippen molar-refractivity contribution in [2.75, 3.05) is 20.8 Å². The fourth-order valence-corrected chi connectivity index (χ4v) is 3.73. The number of methoxy groups -OCH3 is 2. The zero-order valence-corrected chi connectivity index (χ0v) is 17.2. The van der Waals surface area contributed by atoms with Gasteiger partial charge in [0.2, 0.25) is 0 Å². The normalized spacial score (nSPS) is 17.2. The number of carbonyl (C=O) groups is 1. The van der Waals surface area contributed by atoms with Gasteiger partial charge in [0.15, 0.2) is 11.5 Å². The molecule has 0 bridgehead atoms. The number of benzene rings is 1. The van der Waals surface area contributed by atoms with E-state index in [4.69, 9.17) is 37.4 Å². The van der Waals surface area contributed by atoms with Crippen LogP contribution in [-0.4, -0.2) is 37.8 Å². The standard InChI is InChI=1S/C20H22Cl2N2O4/c1-26-17-6-5-12(8-19(17)27-2)18(28-20(25)16-4-3-7-24-16)9-13-14(21)10-23-11-15(13)22/h5-6,8,10-11,16,18,24H,3-4,7,9H2,1-2H3/t16-,18-/m0/s1. The lowest BCUT2D eigenvalue weighted by Crippen LogP contribution is -2.33. The number of carbonyl (C=O) groups excluding carboxylic acids is 1. The number of pyridine rings is 1. The van der Waals surface area contributed by atoms with Crippen molar-refractivity contribution < 1.29 is 19.0 Å². The molecule has 2 atom stereocenters. The van der Waals surface area contributed by atoms with Crippen molar-refractivity contribution in [1.29, 1.82) is 0 Å². The summed E-state index contributed by atoms with van der Waals surface area (Å²) >= 11 is 12.6. The Labute approximate surface area is 174 Å². The second-order valence-electron chi connectivity index (χ2n) is 6.47. The van der Waals surface area contributed by atoms with E-state index in [-0.39, 0.29) is 12.0 Å². The number of aromatic nitrogens is 1. The zero-order chi connectivity index (χ0) is 20.1. The van der Waals surface area contributed by atoms with Crippen LogP contribution in [0, 0.1) is 0 Å². The number of nitrogens with zero attached hydrogens (tertiary/aromatic N) is 1. The molecule has 0 unspecified atom stereocenters. The van der Waals surface area contributed by atoms with Crippen LogP contribution < -0.4 is 14.8 Å². The quantitative estimate of drug-likeness (QED) is 0.677. The summed E-state index contributed by atoms with van der Waals surface area (Å²) in [6.07, 6.45) is 4.47. The van der Waals surface area contributed by atoms with Crippen LogP contribution in [0.5, 0.6) is 11.5 Å². The third kappa shape index (κ3) is 4.69. The van der Waals surface area contributed by atoms with Crippen LogP contribution in [0.1, 0.15) is 30.1 Å². The second-order valence-corrected chi connectivity index (χ2v) is 7.29. The minimum atomic E-state index is -0.591. The lowest BCUT2D eigenvalue weighted by molar-refractivity contribution is -0.151. The van der Waals surface area contributed by atoms with Gasteiger partial charge in [-0.1, -0.05) is 29.3 Å². The van der Waals surface area contributed by atoms with Crippen LogP contribution in [0.2, 0.25) is 10.0 Å². The van der Waals surface area contributed by atoms with Crippen molar-refractivity contribution in [1.82, 2.24) is 10.3 Å². The molecule has 8 heteroatoms. The van der Waals surface area contributed by atoms with Crippen molar-refractivity contribution in [3.05, 3.63) is 51.8 Å². The molecule has 28 heavy (non-hydrogen) atoms. The Kier molecular flexibility index (Phi) is 6.99. The average Bonchev–Trinajstić information content (AvgIpc) is 3.24. The third-order valence-corrected chi connectivity index (χ3v) is 5.38.